The molecular formula is C28H28N2O3. The van der Waals surface area contributed by atoms with Gasteiger partial charge < -0.3 is 10.1 Å². The van der Waals surface area contributed by atoms with Gasteiger partial charge in [-0.1, -0.05) is 91.0 Å². The van der Waals surface area contributed by atoms with Crippen LogP contribution in [0.4, 0.5) is 0 Å². The maximum atomic E-state index is 13.5. The van der Waals surface area contributed by atoms with Crippen LogP contribution in [0.2, 0.25) is 0 Å². The van der Waals surface area contributed by atoms with E-state index in [0.29, 0.717) is 0 Å². The Hall–Kier alpha value is -3.91. The summed E-state index contributed by atoms with van der Waals surface area (Å²) in [5, 5.41) is 12.0. The van der Waals surface area contributed by atoms with E-state index >= 15 is 0 Å². The van der Waals surface area contributed by atoms with E-state index in [1.807, 2.05) is 91.0 Å². The molecule has 3 rings (SSSR count). The molecule has 0 aliphatic rings. The van der Waals surface area contributed by atoms with Gasteiger partial charge in [-0.3, -0.25) is 4.79 Å². The number of esters is 1. The highest BCUT2D eigenvalue weighted by molar-refractivity contribution is 5.86. The molecule has 5 heteroatoms. The minimum absolute atomic E-state index is 0.0828. The van der Waals surface area contributed by atoms with Gasteiger partial charge in [0.15, 0.2) is 0 Å². The third-order valence-corrected chi connectivity index (χ3v) is 5.86. The quantitative estimate of drug-likeness (QED) is 0.389. The van der Waals surface area contributed by atoms with Gasteiger partial charge in [-0.05, 0) is 30.0 Å². The number of amides is 1. The molecule has 1 N–H and O–H groups in total. The highest BCUT2D eigenvalue weighted by Crippen LogP contribution is 2.42. The summed E-state index contributed by atoms with van der Waals surface area (Å²) in [7, 11) is 1.28. The summed E-state index contributed by atoms with van der Waals surface area (Å²) in [5.41, 5.74) is 2.14. The third kappa shape index (κ3) is 5.48. The van der Waals surface area contributed by atoms with E-state index in [4.69, 9.17) is 4.74 Å². The van der Waals surface area contributed by atoms with Gasteiger partial charge in [-0.15, -0.1) is 0 Å². The van der Waals surface area contributed by atoms with E-state index in [-0.39, 0.29) is 18.7 Å². The molecule has 3 aromatic rings. The van der Waals surface area contributed by atoms with Crippen molar-refractivity contribution >= 4 is 11.9 Å². The van der Waals surface area contributed by atoms with Crippen molar-refractivity contribution in [3.05, 3.63) is 108 Å². The zero-order chi connectivity index (χ0) is 23.7. The first-order chi connectivity index (χ1) is 16.0. The number of benzene rings is 3. The molecule has 0 bridgehead atoms. The number of carbonyl (C=O) groups excluding carboxylic acids is 2. The van der Waals surface area contributed by atoms with Gasteiger partial charge in [0, 0.05) is 12.3 Å². The molecule has 168 valence electrons. The van der Waals surface area contributed by atoms with Gasteiger partial charge in [-0.2, -0.15) is 5.26 Å². The number of ether oxygens (including phenoxy) is 1. The topological polar surface area (TPSA) is 79.2 Å². The van der Waals surface area contributed by atoms with Gasteiger partial charge in [0.05, 0.1) is 18.6 Å². The number of nitrogens with zero attached hydrogens (tertiary/aromatic N) is 1. The number of nitrogens with one attached hydrogen (secondary N) is 1. The minimum atomic E-state index is -0.892. The van der Waals surface area contributed by atoms with Gasteiger partial charge in [0.25, 0.3) is 0 Å². The third-order valence-electron chi connectivity index (χ3n) is 5.86. The molecule has 5 nitrogen and oxygen atoms in total. The largest absolute Gasteiger partial charge is 0.467 e. The van der Waals surface area contributed by atoms with Crippen LogP contribution < -0.4 is 5.32 Å². The SMILES string of the molecule is COC(=O)[C@H](C[C@@H](C)C#N)NC(=O)CC(c1ccccc1)(c1ccccc1)c1ccccc1. The Morgan fingerprint density at radius 2 is 1.30 bits per heavy atom. The predicted octanol–water partition coefficient (Wildman–Crippen LogP) is 4.62. The second-order valence-corrected chi connectivity index (χ2v) is 8.09. The Balaban J connectivity index is 2.07. The molecule has 0 aromatic heterocycles. The van der Waals surface area contributed by atoms with Crippen molar-refractivity contribution in [1.29, 1.82) is 5.26 Å². The molecule has 0 heterocycles. The molecule has 1 amide bonds. The van der Waals surface area contributed by atoms with Gasteiger partial charge in [0.1, 0.15) is 6.04 Å². The maximum Gasteiger partial charge on any atom is 0.328 e. The van der Waals surface area contributed by atoms with E-state index in [1.54, 1.807) is 6.92 Å². The molecule has 0 fully saturated rings. The fourth-order valence-electron chi connectivity index (χ4n) is 4.22. The summed E-state index contributed by atoms with van der Waals surface area (Å²) in [5.74, 6) is -1.26. The Labute approximate surface area is 195 Å². The zero-order valence-corrected chi connectivity index (χ0v) is 18.9. The molecule has 0 aliphatic carbocycles. The highest BCUT2D eigenvalue weighted by atomic mass is 16.5. The number of hydrogen-bond donors (Lipinski definition) is 1. The number of methoxy groups -OCH3 is 1. The monoisotopic (exact) mass is 440 g/mol. The van der Waals surface area contributed by atoms with Crippen molar-refractivity contribution in [2.45, 2.75) is 31.2 Å². The van der Waals surface area contributed by atoms with Crippen LogP contribution >= 0.6 is 0 Å². The molecule has 0 aliphatic heterocycles. The van der Waals surface area contributed by atoms with Gasteiger partial charge >= 0.3 is 5.97 Å². The maximum absolute atomic E-state index is 13.5. The zero-order valence-electron chi connectivity index (χ0n) is 18.9. The lowest BCUT2D eigenvalue weighted by atomic mass is 9.67. The Morgan fingerprint density at radius 3 is 1.67 bits per heavy atom. The van der Waals surface area contributed by atoms with Crippen LogP contribution in [0, 0.1) is 17.2 Å². The van der Waals surface area contributed by atoms with E-state index in [1.165, 1.54) is 7.11 Å². The molecule has 33 heavy (non-hydrogen) atoms. The molecule has 0 saturated heterocycles. The van der Waals surface area contributed by atoms with Crippen molar-refractivity contribution in [2.75, 3.05) is 7.11 Å². The lowest BCUT2D eigenvalue weighted by molar-refractivity contribution is -0.145. The van der Waals surface area contributed by atoms with Crippen molar-refractivity contribution < 1.29 is 14.3 Å². The van der Waals surface area contributed by atoms with Crippen LogP contribution in [0.15, 0.2) is 91.0 Å². The normalized spacial score (nSPS) is 12.8. The lowest BCUT2D eigenvalue weighted by Crippen LogP contribution is -2.45. The first-order valence-corrected chi connectivity index (χ1v) is 10.9. The Kier molecular flexibility index (Phi) is 7.99. The van der Waals surface area contributed by atoms with E-state index in [9.17, 15) is 14.9 Å². The van der Waals surface area contributed by atoms with E-state index < -0.39 is 23.3 Å². The smallest absolute Gasteiger partial charge is 0.328 e. The summed E-state index contributed by atoms with van der Waals surface area (Å²) >= 11 is 0. The van der Waals surface area contributed by atoms with E-state index in [0.717, 1.165) is 16.7 Å². The number of hydrogen-bond acceptors (Lipinski definition) is 4. The highest BCUT2D eigenvalue weighted by Gasteiger charge is 2.39. The average Bonchev–Trinajstić information content (AvgIpc) is 2.87. The fraction of sp³-hybridized carbons (Fsp3) is 0.250. The molecule has 0 spiro atoms. The number of carbonyl (C=O) groups is 2. The van der Waals surface area contributed by atoms with Crippen molar-refractivity contribution in [2.24, 2.45) is 5.92 Å². The number of nitriles is 1. The van der Waals surface area contributed by atoms with Crippen LogP contribution in [0.3, 0.4) is 0 Å². The van der Waals surface area contributed by atoms with Crippen LogP contribution in [0.5, 0.6) is 0 Å². The Bertz CT molecular complexity index is 996. The van der Waals surface area contributed by atoms with Gasteiger partial charge in [-0.25, -0.2) is 4.79 Å². The molecule has 0 radical (unpaired) electrons. The summed E-state index contributed by atoms with van der Waals surface area (Å²) in [4.78, 5) is 25.8. The van der Waals surface area contributed by atoms with Crippen LogP contribution in [-0.4, -0.2) is 25.0 Å². The molecule has 0 unspecified atom stereocenters. The lowest BCUT2D eigenvalue weighted by Gasteiger charge is -2.36. The molecule has 2 atom stereocenters. The standard InChI is InChI=1S/C28H28N2O3/c1-21(20-29)18-25(27(32)33-2)30-26(31)19-28(22-12-6-3-7-13-22,23-14-8-4-9-15-23)24-16-10-5-11-17-24/h3-17,21,25H,18-19H2,1-2H3,(H,30,31)/t21-,25+/m1/s1. The van der Waals surface area contributed by atoms with Crippen LogP contribution in [0.1, 0.15) is 36.5 Å². The fourth-order valence-corrected chi connectivity index (χ4v) is 4.22. The first kappa shape index (κ1) is 23.7. The first-order valence-electron chi connectivity index (χ1n) is 10.9. The Morgan fingerprint density at radius 1 is 0.879 bits per heavy atom. The van der Waals surface area contributed by atoms with E-state index in [2.05, 4.69) is 11.4 Å². The number of rotatable bonds is 9. The summed E-state index contributed by atoms with van der Waals surface area (Å²) in [6, 6.07) is 30.9. The summed E-state index contributed by atoms with van der Waals surface area (Å²) in [6.07, 6.45) is 0.267. The predicted molar refractivity (Wildman–Crippen MR) is 127 cm³/mol. The second-order valence-electron chi connectivity index (χ2n) is 8.09. The van der Waals surface area contributed by atoms with Crippen LogP contribution in [0.25, 0.3) is 0 Å². The summed E-state index contributed by atoms with van der Waals surface area (Å²) < 4.78 is 4.88. The second kappa shape index (κ2) is 11.1. The van der Waals surface area contributed by atoms with Crippen LogP contribution in [-0.2, 0) is 19.7 Å². The molecule has 3 aromatic carbocycles. The summed E-state index contributed by atoms with van der Waals surface area (Å²) in [6.45, 7) is 1.71. The van der Waals surface area contributed by atoms with Crippen molar-refractivity contribution in [3.63, 3.8) is 0 Å². The minimum Gasteiger partial charge on any atom is -0.467 e. The average molecular weight is 441 g/mol. The van der Waals surface area contributed by atoms with Gasteiger partial charge in [0.2, 0.25) is 5.91 Å². The van der Waals surface area contributed by atoms with Crippen molar-refractivity contribution in [1.82, 2.24) is 5.32 Å². The van der Waals surface area contributed by atoms with Crippen molar-refractivity contribution in [3.8, 4) is 6.07 Å². The molecular weight excluding hydrogens is 412 g/mol. The molecule has 0 saturated carbocycles.